The van der Waals surface area contributed by atoms with E-state index in [-0.39, 0.29) is 0 Å². The quantitative estimate of drug-likeness (QED) is 0.488. The number of nitrogens with zero attached hydrogens (tertiary/aromatic N) is 1. The van der Waals surface area contributed by atoms with Crippen LogP contribution in [0.4, 0.5) is 11.4 Å². The van der Waals surface area contributed by atoms with E-state index in [1.54, 1.807) is 0 Å². The fraction of sp³-hybridized carbons (Fsp3) is 0.217. The Morgan fingerprint density at radius 3 is 2.12 bits per heavy atom. The van der Waals surface area contributed by atoms with Gasteiger partial charge in [-0.25, -0.2) is 0 Å². The molecule has 24 heavy (non-hydrogen) atoms. The normalized spacial score (nSPS) is 20.2. The second-order valence-corrected chi connectivity index (χ2v) is 7.15. The first kappa shape index (κ1) is 13.9. The summed E-state index contributed by atoms with van der Waals surface area (Å²) in [5.74, 6) is 0.906. The minimum atomic E-state index is 0.431. The van der Waals surface area contributed by atoms with Gasteiger partial charge in [-0.05, 0) is 51.6 Å². The highest BCUT2D eigenvalue weighted by molar-refractivity contribution is 5.85. The van der Waals surface area contributed by atoms with Gasteiger partial charge in [-0.15, -0.1) is 0 Å². The van der Waals surface area contributed by atoms with Crippen LogP contribution < -0.4 is 4.90 Å². The summed E-state index contributed by atoms with van der Waals surface area (Å²) in [4.78, 5) is 2.36. The zero-order valence-corrected chi connectivity index (χ0v) is 14.4. The Hall–Kier alpha value is -2.54. The van der Waals surface area contributed by atoms with E-state index < -0.39 is 0 Å². The number of hydrogen-bond donors (Lipinski definition) is 0. The summed E-state index contributed by atoms with van der Waals surface area (Å²) in [5, 5.41) is 0. The third kappa shape index (κ3) is 1.65. The molecule has 0 fully saturated rings. The summed E-state index contributed by atoms with van der Waals surface area (Å²) >= 11 is 0. The van der Waals surface area contributed by atoms with Gasteiger partial charge in [0.05, 0.1) is 0 Å². The van der Waals surface area contributed by atoms with E-state index in [9.17, 15) is 0 Å². The second kappa shape index (κ2) is 4.73. The molecule has 118 valence electrons. The molecule has 1 aliphatic heterocycles. The van der Waals surface area contributed by atoms with Crippen LogP contribution in [-0.4, -0.2) is 7.05 Å². The van der Waals surface area contributed by atoms with Gasteiger partial charge in [-0.1, -0.05) is 56.3 Å². The van der Waals surface area contributed by atoms with Gasteiger partial charge in [-0.2, -0.15) is 0 Å². The predicted molar refractivity (Wildman–Crippen MR) is 101 cm³/mol. The van der Waals surface area contributed by atoms with Crippen LogP contribution >= 0.6 is 0 Å². The van der Waals surface area contributed by atoms with Crippen molar-refractivity contribution >= 4 is 11.4 Å². The molecule has 0 N–H and O–H groups in total. The van der Waals surface area contributed by atoms with E-state index >= 15 is 0 Å². The molecule has 5 rings (SSSR count). The zero-order chi connectivity index (χ0) is 16.4. The van der Waals surface area contributed by atoms with Gasteiger partial charge in [0.1, 0.15) is 0 Å². The van der Waals surface area contributed by atoms with Crippen molar-refractivity contribution in [2.45, 2.75) is 25.7 Å². The van der Waals surface area contributed by atoms with Gasteiger partial charge in [0, 0.05) is 30.3 Å². The first-order valence-corrected chi connectivity index (χ1v) is 8.76. The molecule has 0 saturated carbocycles. The summed E-state index contributed by atoms with van der Waals surface area (Å²) in [6.07, 6.45) is 0. The van der Waals surface area contributed by atoms with Crippen LogP contribution in [0.25, 0.3) is 11.1 Å². The molecule has 3 aromatic carbocycles. The predicted octanol–water partition coefficient (Wildman–Crippen LogP) is 6.05. The van der Waals surface area contributed by atoms with Gasteiger partial charge < -0.3 is 4.90 Å². The van der Waals surface area contributed by atoms with Crippen LogP contribution in [0, 0.1) is 0 Å². The molecule has 2 aliphatic rings. The largest absolute Gasteiger partial charge is 0.344 e. The monoisotopic (exact) mass is 311 g/mol. The number of rotatable bonds is 0. The molecule has 0 bridgehead atoms. The van der Waals surface area contributed by atoms with Crippen molar-refractivity contribution in [3.05, 3.63) is 82.9 Å². The van der Waals surface area contributed by atoms with E-state index in [2.05, 4.69) is 86.5 Å². The van der Waals surface area contributed by atoms with E-state index in [4.69, 9.17) is 0 Å². The summed E-state index contributed by atoms with van der Waals surface area (Å²) in [7, 11) is 2.20. The third-order valence-corrected chi connectivity index (χ3v) is 5.98. The van der Waals surface area contributed by atoms with Crippen LogP contribution in [0.3, 0.4) is 0 Å². The van der Waals surface area contributed by atoms with Gasteiger partial charge in [0.25, 0.3) is 0 Å². The maximum atomic E-state index is 2.45. The maximum Gasteiger partial charge on any atom is 0.0450 e. The molecule has 0 spiro atoms. The van der Waals surface area contributed by atoms with Crippen molar-refractivity contribution in [2.75, 3.05) is 11.9 Å². The van der Waals surface area contributed by atoms with E-state index in [0.717, 1.165) is 0 Å². The van der Waals surface area contributed by atoms with Gasteiger partial charge >= 0.3 is 0 Å². The summed E-state index contributed by atoms with van der Waals surface area (Å²) < 4.78 is 0. The smallest absolute Gasteiger partial charge is 0.0450 e. The molecule has 0 saturated heterocycles. The highest BCUT2D eigenvalue weighted by Gasteiger charge is 2.31. The zero-order valence-electron chi connectivity index (χ0n) is 14.4. The summed E-state index contributed by atoms with van der Waals surface area (Å²) in [6, 6.07) is 22.5. The van der Waals surface area contributed by atoms with E-state index in [1.165, 1.54) is 44.8 Å². The molecule has 1 aliphatic carbocycles. The molecule has 1 heteroatoms. The Bertz CT molecular complexity index is 970. The summed E-state index contributed by atoms with van der Waals surface area (Å²) in [5.41, 5.74) is 11.3. The van der Waals surface area contributed by atoms with Gasteiger partial charge in [0.2, 0.25) is 0 Å². The number of para-hydroxylation sites is 1. The number of anilines is 2. The Balaban J connectivity index is 1.77. The molecule has 0 radical (unpaired) electrons. The van der Waals surface area contributed by atoms with Crippen molar-refractivity contribution in [1.82, 2.24) is 0 Å². The molecular weight excluding hydrogens is 290 g/mol. The first-order valence-electron chi connectivity index (χ1n) is 8.76. The number of hydrogen-bond acceptors (Lipinski definition) is 1. The Kier molecular flexibility index (Phi) is 2.73. The average molecular weight is 311 g/mol. The van der Waals surface area contributed by atoms with Crippen LogP contribution in [0.2, 0.25) is 0 Å². The minimum absolute atomic E-state index is 0.431. The van der Waals surface area contributed by atoms with Crippen molar-refractivity contribution in [3.8, 4) is 11.1 Å². The number of fused-ring (bicyclic) bond motifs is 5. The SMILES string of the molecule is CC1c2ccccc2-c2cc3c(cc21)N(C)c1ccccc1C3C. The summed E-state index contributed by atoms with van der Waals surface area (Å²) in [6.45, 7) is 4.67. The molecule has 1 heterocycles. The molecule has 2 unspecified atom stereocenters. The van der Waals surface area contributed by atoms with Crippen molar-refractivity contribution in [3.63, 3.8) is 0 Å². The molecular formula is C23H21N. The first-order chi connectivity index (χ1) is 11.7. The van der Waals surface area contributed by atoms with E-state index in [0.29, 0.717) is 11.8 Å². The van der Waals surface area contributed by atoms with E-state index in [1.807, 2.05) is 0 Å². The van der Waals surface area contributed by atoms with Crippen LogP contribution in [-0.2, 0) is 0 Å². The molecule has 0 aromatic heterocycles. The Morgan fingerprint density at radius 1 is 0.625 bits per heavy atom. The average Bonchev–Trinajstić information content (AvgIpc) is 2.91. The van der Waals surface area contributed by atoms with Crippen LogP contribution in [0.1, 0.15) is 47.9 Å². The molecule has 0 amide bonds. The van der Waals surface area contributed by atoms with Gasteiger partial charge in [0.15, 0.2) is 0 Å². The highest BCUT2D eigenvalue weighted by Crippen LogP contribution is 2.51. The molecule has 3 aromatic rings. The molecule has 1 nitrogen and oxygen atoms in total. The van der Waals surface area contributed by atoms with Gasteiger partial charge in [-0.3, -0.25) is 0 Å². The lowest BCUT2D eigenvalue weighted by atomic mass is 9.84. The third-order valence-electron chi connectivity index (χ3n) is 5.98. The lowest BCUT2D eigenvalue weighted by Crippen LogP contribution is -2.21. The fourth-order valence-corrected chi connectivity index (χ4v) is 4.59. The maximum absolute atomic E-state index is 2.45. The topological polar surface area (TPSA) is 3.24 Å². The highest BCUT2D eigenvalue weighted by atomic mass is 15.1. The Labute approximate surface area is 143 Å². The second-order valence-electron chi connectivity index (χ2n) is 7.15. The lowest BCUT2D eigenvalue weighted by molar-refractivity contribution is 0.876. The van der Waals surface area contributed by atoms with Crippen molar-refractivity contribution in [2.24, 2.45) is 0 Å². The fourth-order valence-electron chi connectivity index (χ4n) is 4.59. The van der Waals surface area contributed by atoms with Crippen LogP contribution in [0.5, 0.6) is 0 Å². The minimum Gasteiger partial charge on any atom is -0.344 e. The lowest BCUT2D eigenvalue weighted by Gasteiger charge is -2.34. The standard InChI is InChI=1S/C23H21N/c1-14-16-8-4-5-10-18(16)21-12-20-15(2)17-9-6-7-11-22(17)24(3)23(20)13-19(14)21/h4-15H,1-3H3. The van der Waals surface area contributed by atoms with Crippen molar-refractivity contribution in [1.29, 1.82) is 0 Å². The van der Waals surface area contributed by atoms with Crippen LogP contribution in [0.15, 0.2) is 60.7 Å². The number of benzene rings is 3. The van der Waals surface area contributed by atoms with Crippen molar-refractivity contribution < 1.29 is 0 Å². The molecule has 2 atom stereocenters. The Morgan fingerprint density at radius 2 is 1.29 bits per heavy atom.